The summed E-state index contributed by atoms with van der Waals surface area (Å²) >= 11 is 0. The number of amides is 1. The van der Waals surface area contributed by atoms with Crippen LogP contribution in [-0.2, 0) is 9.53 Å². The van der Waals surface area contributed by atoms with Crippen LogP contribution in [0.4, 0.5) is 4.79 Å². The molecule has 0 unspecified atom stereocenters. The predicted molar refractivity (Wildman–Crippen MR) is 74.2 cm³/mol. The number of carbonyl (C=O) groups is 2. The van der Waals surface area contributed by atoms with Crippen molar-refractivity contribution in [2.75, 3.05) is 32.7 Å². The topological polar surface area (TPSA) is 49.9 Å². The van der Waals surface area contributed by atoms with Crippen molar-refractivity contribution in [2.45, 2.75) is 45.6 Å². The fourth-order valence-electron chi connectivity index (χ4n) is 2.04. The summed E-state index contributed by atoms with van der Waals surface area (Å²) in [5.41, 5.74) is -0.428. The summed E-state index contributed by atoms with van der Waals surface area (Å²) in [5, 5.41) is 0. The molecule has 0 atom stereocenters. The van der Waals surface area contributed by atoms with Crippen LogP contribution in [0.15, 0.2) is 0 Å². The van der Waals surface area contributed by atoms with Gasteiger partial charge in [0.2, 0.25) is 0 Å². The molecule has 0 aliphatic carbocycles. The Hall–Kier alpha value is -1.10. The number of unbranched alkanes of at least 4 members (excludes halogenated alkanes) is 2. The van der Waals surface area contributed by atoms with Gasteiger partial charge in [0.05, 0.1) is 0 Å². The monoisotopic (exact) mass is 270 g/mol. The van der Waals surface area contributed by atoms with Gasteiger partial charge in [0, 0.05) is 32.6 Å². The summed E-state index contributed by atoms with van der Waals surface area (Å²) < 4.78 is 5.36. The van der Waals surface area contributed by atoms with Gasteiger partial charge in [-0.1, -0.05) is 0 Å². The second-order valence-corrected chi connectivity index (χ2v) is 5.97. The average molecular weight is 270 g/mol. The maximum atomic E-state index is 11.9. The van der Waals surface area contributed by atoms with Gasteiger partial charge in [-0.05, 0) is 40.2 Å². The molecule has 0 aromatic rings. The van der Waals surface area contributed by atoms with E-state index >= 15 is 0 Å². The fourth-order valence-corrected chi connectivity index (χ4v) is 2.04. The Bertz CT molecular complexity index is 292. The van der Waals surface area contributed by atoms with Crippen LogP contribution in [-0.4, -0.2) is 60.5 Å². The minimum atomic E-state index is -0.428. The molecule has 19 heavy (non-hydrogen) atoms. The number of aldehydes is 1. The predicted octanol–water partition coefficient (Wildman–Crippen LogP) is 1.91. The van der Waals surface area contributed by atoms with Crippen LogP contribution < -0.4 is 0 Å². The first-order chi connectivity index (χ1) is 8.92. The zero-order valence-electron chi connectivity index (χ0n) is 12.4. The first kappa shape index (κ1) is 16.0. The first-order valence-electron chi connectivity index (χ1n) is 7.06. The zero-order valence-corrected chi connectivity index (χ0v) is 12.4. The lowest BCUT2D eigenvalue weighted by Gasteiger charge is -2.35. The van der Waals surface area contributed by atoms with Gasteiger partial charge in [0.1, 0.15) is 11.9 Å². The Morgan fingerprint density at radius 2 is 1.79 bits per heavy atom. The minimum absolute atomic E-state index is 0.215. The van der Waals surface area contributed by atoms with E-state index in [2.05, 4.69) is 4.90 Å². The third-order valence-corrected chi connectivity index (χ3v) is 3.07. The van der Waals surface area contributed by atoms with Gasteiger partial charge in [-0.3, -0.25) is 4.90 Å². The number of hydrogen-bond acceptors (Lipinski definition) is 4. The first-order valence-corrected chi connectivity index (χ1v) is 7.06. The molecule has 0 aromatic heterocycles. The maximum Gasteiger partial charge on any atom is 0.410 e. The molecule has 0 aromatic carbocycles. The summed E-state index contributed by atoms with van der Waals surface area (Å²) in [7, 11) is 0. The van der Waals surface area contributed by atoms with Crippen molar-refractivity contribution in [3.8, 4) is 0 Å². The fraction of sp³-hybridized carbons (Fsp3) is 0.857. The van der Waals surface area contributed by atoms with Crippen molar-refractivity contribution in [2.24, 2.45) is 0 Å². The van der Waals surface area contributed by atoms with Crippen LogP contribution in [0, 0.1) is 0 Å². The number of hydrogen-bond donors (Lipinski definition) is 0. The van der Waals surface area contributed by atoms with Crippen molar-refractivity contribution >= 4 is 12.4 Å². The Morgan fingerprint density at radius 1 is 1.16 bits per heavy atom. The van der Waals surface area contributed by atoms with E-state index < -0.39 is 5.60 Å². The van der Waals surface area contributed by atoms with Crippen LogP contribution in [0.5, 0.6) is 0 Å². The highest BCUT2D eigenvalue weighted by atomic mass is 16.6. The highest BCUT2D eigenvalue weighted by Crippen LogP contribution is 2.12. The van der Waals surface area contributed by atoms with E-state index in [1.165, 1.54) is 0 Å². The molecule has 1 saturated heterocycles. The normalized spacial score (nSPS) is 17.3. The van der Waals surface area contributed by atoms with Gasteiger partial charge in [-0.25, -0.2) is 4.79 Å². The van der Waals surface area contributed by atoms with Gasteiger partial charge in [0.25, 0.3) is 0 Å². The molecule has 1 fully saturated rings. The lowest BCUT2D eigenvalue weighted by atomic mass is 10.2. The quantitative estimate of drug-likeness (QED) is 0.565. The van der Waals surface area contributed by atoms with Crippen LogP contribution in [0.2, 0.25) is 0 Å². The van der Waals surface area contributed by atoms with Crippen LogP contribution in [0.3, 0.4) is 0 Å². The lowest BCUT2D eigenvalue weighted by Crippen LogP contribution is -2.50. The van der Waals surface area contributed by atoms with E-state index in [9.17, 15) is 9.59 Å². The Kier molecular flexibility index (Phi) is 6.28. The molecule has 1 rings (SSSR count). The molecule has 5 nitrogen and oxygen atoms in total. The molecule has 1 aliphatic heterocycles. The number of nitrogens with zero attached hydrogens (tertiary/aromatic N) is 2. The van der Waals surface area contributed by atoms with Crippen molar-refractivity contribution < 1.29 is 14.3 Å². The Balaban J connectivity index is 2.21. The highest BCUT2D eigenvalue weighted by Gasteiger charge is 2.25. The molecule has 5 heteroatoms. The number of piperazine rings is 1. The molecular formula is C14H26N2O3. The van der Waals surface area contributed by atoms with E-state index in [0.29, 0.717) is 6.42 Å². The summed E-state index contributed by atoms with van der Waals surface area (Å²) in [4.78, 5) is 26.2. The van der Waals surface area contributed by atoms with Gasteiger partial charge >= 0.3 is 6.09 Å². The minimum Gasteiger partial charge on any atom is -0.444 e. The largest absolute Gasteiger partial charge is 0.444 e. The third kappa shape index (κ3) is 6.57. The highest BCUT2D eigenvalue weighted by molar-refractivity contribution is 5.68. The summed E-state index contributed by atoms with van der Waals surface area (Å²) in [6, 6.07) is 0. The van der Waals surface area contributed by atoms with Crippen molar-refractivity contribution in [1.82, 2.24) is 9.80 Å². The van der Waals surface area contributed by atoms with Crippen LogP contribution in [0.1, 0.15) is 40.0 Å². The smallest absolute Gasteiger partial charge is 0.410 e. The van der Waals surface area contributed by atoms with E-state index in [0.717, 1.165) is 51.9 Å². The van der Waals surface area contributed by atoms with Crippen molar-refractivity contribution in [3.05, 3.63) is 0 Å². The van der Waals surface area contributed by atoms with Gasteiger partial charge < -0.3 is 14.4 Å². The molecule has 0 bridgehead atoms. The maximum absolute atomic E-state index is 11.9. The molecule has 1 amide bonds. The van der Waals surface area contributed by atoms with E-state index in [4.69, 9.17) is 4.74 Å². The average Bonchev–Trinajstić information content (AvgIpc) is 2.33. The number of ether oxygens (including phenoxy) is 1. The second-order valence-electron chi connectivity index (χ2n) is 5.97. The molecule has 1 aliphatic rings. The lowest BCUT2D eigenvalue weighted by molar-refractivity contribution is -0.107. The Labute approximate surface area is 115 Å². The zero-order chi connectivity index (χ0) is 14.3. The Morgan fingerprint density at radius 3 is 2.32 bits per heavy atom. The molecule has 110 valence electrons. The number of rotatable bonds is 5. The molecule has 1 heterocycles. The molecule has 0 spiro atoms. The van der Waals surface area contributed by atoms with E-state index in [1.54, 1.807) is 4.90 Å². The van der Waals surface area contributed by atoms with Crippen LogP contribution >= 0.6 is 0 Å². The SMILES string of the molecule is CC(C)(C)OC(=O)N1CCN(CCCCC=O)CC1. The standard InChI is InChI=1S/C14H26N2O3/c1-14(2,3)19-13(18)16-10-8-15(9-11-16)7-5-4-6-12-17/h12H,4-11H2,1-3H3. The van der Waals surface area contributed by atoms with Gasteiger partial charge in [0.15, 0.2) is 0 Å². The second kappa shape index (κ2) is 7.48. The third-order valence-electron chi connectivity index (χ3n) is 3.07. The van der Waals surface area contributed by atoms with E-state index in [1.807, 2.05) is 20.8 Å². The molecule has 0 radical (unpaired) electrons. The van der Waals surface area contributed by atoms with Crippen molar-refractivity contribution in [1.29, 1.82) is 0 Å². The van der Waals surface area contributed by atoms with Crippen LogP contribution in [0.25, 0.3) is 0 Å². The van der Waals surface area contributed by atoms with Gasteiger partial charge in [-0.15, -0.1) is 0 Å². The number of carbonyl (C=O) groups excluding carboxylic acids is 2. The molecule has 0 N–H and O–H groups in total. The van der Waals surface area contributed by atoms with Gasteiger partial charge in [-0.2, -0.15) is 0 Å². The summed E-state index contributed by atoms with van der Waals surface area (Å²) in [6.07, 6.45) is 3.41. The van der Waals surface area contributed by atoms with Crippen molar-refractivity contribution in [3.63, 3.8) is 0 Å². The summed E-state index contributed by atoms with van der Waals surface area (Å²) in [5.74, 6) is 0. The van der Waals surface area contributed by atoms with E-state index in [-0.39, 0.29) is 6.09 Å². The summed E-state index contributed by atoms with van der Waals surface area (Å²) in [6.45, 7) is 9.89. The molecular weight excluding hydrogens is 244 g/mol. The molecule has 0 saturated carbocycles.